The maximum atomic E-state index is 13.3. The number of rotatable bonds is 6. The summed E-state index contributed by atoms with van der Waals surface area (Å²) in [7, 11) is -2.22. The van der Waals surface area contributed by atoms with Crippen LogP contribution in [0.25, 0.3) is 0 Å². The van der Waals surface area contributed by atoms with Gasteiger partial charge in [0.1, 0.15) is 0 Å². The van der Waals surface area contributed by atoms with Crippen LogP contribution in [0, 0.1) is 16.7 Å². The number of carbonyl (C=O) groups excluding carboxylic acids is 1. The van der Waals surface area contributed by atoms with Crippen LogP contribution < -0.4 is 5.32 Å². The molecule has 1 aromatic carbocycles. The van der Waals surface area contributed by atoms with Crippen molar-refractivity contribution < 1.29 is 22.7 Å². The van der Waals surface area contributed by atoms with Gasteiger partial charge >= 0.3 is 0 Å². The van der Waals surface area contributed by atoms with Crippen molar-refractivity contribution in [2.75, 3.05) is 33.4 Å². The summed E-state index contributed by atoms with van der Waals surface area (Å²) in [5.74, 6) is 0.401. The summed E-state index contributed by atoms with van der Waals surface area (Å²) >= 11 is 0. The molecule has 1 N–H and O–H groups in total. The second kappa shape index (κ2) is 8.14. The lowest BCUT2D eigenvalue weighted by Crippen LogP contribution is -2.52. The van der Waals surface area contributed by atoms with Crippen molar-refractivity contribution in [2.45, 2.75) is 57.6 Å². The zero-order valence-electron chi connectivity index (χ0n) is 18.9. The van der Waals surface area contributed by atoms with Crippen LogP contribution in [0.4, 0.5) is 0 Å². The SMILES string of the molecule is COCc1ccc(C(=O)NC2C(C)(C)[C@@H]3CC[C@]2(C)C3)cc1S(=O)(=O)N1CCOCC1. The Labute approximate surface area is 185 Å². The van der Waals surface area contributed by atoms with Gasteiger partial charge in [-0.05, 0) is 53.7 Å². The molecule has 4 rings (SSSR count). The number of morpholine rings is 1. The van der Waals surface area contributed by atoms with Gasteiger partial charge in [-0.15, -0.1) is 0 Å². The first kappa shape index (κ1) is 22.7. The Balaban J connectivity index is 1.63. The highest BCUT2D eigenvalue weighted by Gasteiger charge is 2.59. The highest BCUT2D eigenvalue weighted by molar-refractivity contribution is 7.89. The molecule has 1 heterocycles. The van der Waals surface area contributed by atoms with Crippen LogP contribution in [-0.2, 0) is 26.1 Å². The van der Waals surface area contributed by atoms with Crippen LogP contribution in [0.1, 0.15) is 56.0 Å². The standard InChI is InChI=1S/C23H34N2O5S/c1-22(2)18-7-8-23(3,14-18)21(22)24-20(26)16-5-6-17(15-29-4)19(13-16)31(27,28)25-9-11-30-12-10-25/h5-6,13,18,21H,7-12,14-15H2,1-4H3,(H,24,26)/t18-,21?,23-/m1/s1. The monoisotopic (exact) mass is 450 g/mol. The van der Waals surface area contributed by atoms with E-state index in [0.29, 0.717) is 43.3 Å². The lowest BCUT2D eigenvalue weighted by molar-refractivity contribution is 0.0727. The van der Waals surface area contributed by atoms with Crippen molar-refractivity contribution >= 4 is 15.9 Å². The first-order chi connectivity index (χ1) is 14.6. The predicted octanol–water partition coefficient (Wildman–Crippen LogP) is 2.80. The molecule has 1 amide bonds. The maximum absolute atomic E-state index is 13.3. The molecule has 1 unspecified atom stereocenters. The first-order valence-electron chi connectivity index (χ1n) is 11.1. The molecule has 3 fully saturated rings. The highest BCUT2D eigenvalue weighted by Crippen LogP contribution is 2.62. The van der Waals surface area contributed by atoms with E-state index in [4.69, 9.17) is 9.47 Å². The molecule has 31 heavy (non-hydrogen) atoms. The van der Waals surface area contributed by atoms with E-state index in [0.717, 1.165) is 12.8 Å². The van der Waals surface area contributed by atoms with Gasteiger partial charge in [-0.2, -0.15) is 4.31 Å². The van der Waals surface area contributed by atoms with Crippen molar-refractivity contribution in [3.05, 3.63) is 29.3 Å². The molecule has 3 aliphatic rings. The van der Waals surface area contributed by atoms with Gasteiger partial charge in [0.15, 0.2) is 0 Å². The van der Waals surface area contributed by atoms with Crippen LogP contribution in [-0.4, -0.2) is 58.1 Å². The number of benzene rings is 1. The van der Waals surface area contributed by atoms with E-state index >= 15 is 0 Å². The second-order valence-corrected chi connectivity index (χ2v) is 12.0. The largest absolute Gasteiger partial charge is 0.380 e. The summed E-state index contributed by atoms with van der Waals surface area (Å²) in [6.07, 6.45) is 3.47. The zero-order chi connectivity index (χ0) is 22.4. The molecule has 0 aromatic heterocycles. The van der Waals surface area contributed by atoms with E-state index in [1.807, 2.05) is 0 Å². The molecule has 2 bridgehead atoms. The summed E-state index contributed by atoms with van der Waals surface area (Å²) in [6, 6.07) is 4.98. The van der Waals surface area contributed by atoms with Gasteiger partial charge in [-0.3, -0.25) is 4.79 Å². The van der Waals surface area contributed by atoms with E-state index < -0.39 is 10.0 Å². The molecule has 1 saturated heterocycles. The van der Waals surface area contributed by atoms with Crippen molar-refractivity contribution in [2.24, 2.45) is 16.7 Å². The van der Waals surface area contributed by atoms with E-state index in [1.165, 1.54) is 23.9 Å². The summed E-state index contributed by atoms with van der Waals surface area (Å²) in [6.45, 7) is 8.26. The fraction of sp³-hybridized carbons (Fsp3) is 0.696. The third-order valence-electron chi connectivity index (χ3n) is 7.76. The van der Waals surface area contributed by atoms with Crippen molar-refractivity contribution in [3.63, 3.8) is 0 Å². The average Bonchev–Trinajstić information content (AvgIpc) is 3.23. The highest BCUT2D eigenvalue weighted by atomic mass is 32.2. The molecular weight excluding hydrogens is 416 g/mol. The molecule has 2 aliphatic carbocycles. The Bertz CT molecular complexity index is 950. The lowest BCUT2D eigenvalue weighted by atomic mass is 9.68. The molecule has 172 valence electrons. The minimum Gasteiger partial charge on any atom is -0.380 e. The molecule has 8 heteroatoms. The van der Waals surface area contributed by atoms with Gasteiger partial charge in [-0.1, -0.05) is 26.8 Å². The summed E-state index contributed by atoms with van der Waals surface area (Å²) in [4.78, 5) is 13.4. The Hall–Kier alpha value is -1.48. The van der Waals surface area contributed by atoms with Gasteiger partial charge in [0.25, 0.3) is 5.91 Å². The Morgan fingerprint density at radius 2 is 1.97 bits per heavy atom. The topological polar surface area (TPSA) is 84.9 Å². The molecule has 2 saturated carbocycles. The molecule has 3 atom stereocenters. The van der Waals surface area contributed by atoms with E-state index in [9.17, 15) is 13.2 Å². The summed E-state index contributed by atoms with van der Waals surface area (Å²) in [5, 5.41) is 3.27. The average molecular weight is 451 g/mol. The van der Waals surface area contributed by atoms with Crippen molar-refractivity contribution in [3.8, 4) is 0 Å². The number of fused-ring (bicyclic) bond motifs is 2. The lowest BCUT2D eigenvalue weighted by Gasteiger charge is -2.43. The van der Waals surface area contributed by atoms with Crippen LogP contribution in [0.5, 0.6) is 0 Å². The number of ether oxygens (including phenoxy) is 2. The summed E-state index contributed by atoms with van der Waals surface area (Å²) < 4.78 is 38.6. The number of nitrogens with zero attached hydrogens (tertiary/aromatic N) is 1. The normalized spacial score (nSPS) is 30.5. The van der Waals surface area contributed by atoms with Crippen molar-refractivity contribution in [1.82, 2.24) is 9.62 Å². The van der Waals surface area contributed by atoms with E-state index in [1.54, 1.807) is 12.1 Å². The maximum Gasteiger partial charge on any atom is 0.251 e. The Kier molecular flexibility index (Phi) is 5.96. The number of hydrogen-bond acceptors (Lipinski definition) is 5. The van der Waals surface area contributed by atoms with Gasteiger partial charge in [0.05, 0.1) is 24.7 Å². The summed E-state index contributed by atoms with van der Waals surface area (Å²) in [5.41, 5.74) is 1.05. The van der Waals surface area contributed by atoms with E-state index in [-0.39, 0.29) is 34.3 Å². The minimum absolute atomic E-state index is 0.0291. The molecular formula is C23H34N2O5S. The number of carbonyl (C=O) groups is 1. The molecule has 1 aliphatic heterocycles. The quantitative estimate of drug-likeness (QED) is 0.720. The van der Waals surface area contributed by atoms with Crippen LogP contribution >= 0.6 is 0 Å². The second-order valence-electron chi connectivity index (χ2n) is 10.1. The Morgan fingerprint density at radius 3 is 2.58 bits per heavy atom. The van der Waals surface area contributed by atoms with Crippen LogP contribution in [0.2, 0.25) is 0 Å². The van der Waals surface area contributed by atoms with Gasteiger partial charge < -0.3 is 14.8 Å². The molecule has 0 spiro atoms. The fourth-order valence-corrected chi connectivity index (χ4v) is 7.66. The first-order valence-corrected chi connectivity index (χ1v) is 12.5. The predicted molar refractivity (Wildman–Crippen MR) is 117 cm³/mol. The number of sulfonamides is 1. The Morgan fingerprint density at radius 1 is 1.26 bits per heavy atom. The van der Waals surface area contributed by atoms with Gasteiger partial charge in [-0.25, -0.2) is 8.42 Å². The van der Waals surface area contributed by atoms with Gasteiger partial charge in [0, 0.05) is 31.8 Å². The van der Waals surface area contributed by atoms with Gasteiger partial charge in [0.2, 0.25) is 10.0 Å². The third kappa shape index (κ3) is 3.92. The fourth-order valence-electron chi connectivity index (χ4n) is 6.01. The number of amides is 1. The van der Waals surface area contributed by atoms with Crippen LogP contribution in [0.3, 0.4) is 0 Å². The minimum atomic E-state index is -3.75. The number of nitrogens with one attached hydrogen (secondary N) is 1. The van der Waals surface area contributed by atoms with E-state index in [2.05, 4.69) is 26.1 Å². The van der Waals surface area contributed by atoms with Crippen molar-refractivity contribution in [1.29, 1.82) is 0 Å². The third-order valence-corrected chi connectivity index (χ3v) is 9.74. The van der Waals surface area contributed by atoms with Crippen LogP contribution in [0.15, 0.2) is 23.1 Å². The number of methoxy groups -OCH3 is 1. The molecule has 0 radical (unpaired) electrons. The molecule has 7 nitrogen and oxygen atoms in total. The zero-order valence-corrected chi connectivity index (χ0v) is 19.8. The number of hydrogen-bond donors (Lipinski definition) is 1. The molecule has 1 aromatic rings. The smallest absolute Gasteiger partial charge is 0.251 e.